The molecule has 0 bridgehead atoms. The molecule has 1 amide bonds. The Bertz CT molecular complexity index is 677. The van der Waals surface area contributed by atoms with E-state index < -0.39 is 0 Å². The molecule has 0 radical (unpaired) electrons. The molecule has 3 rings (SSSR count). The third-order valence-corrected chi connectivity index (χ3v) is 3.98. The van der Waals surface area contributed by atoms with Gasteiger partial charge in [0.2, 0.25) is 0 Å². The summed E-state index contributed by atoms with van der Waals surface area (Å²) in [7, 11) is 0. The van der Waals surface area contributed by atoms with E-state index in [4.69, 9.17) is 12.2 Å². The van der Waals surface area contributed by atoms with Crippen LogP contribution in [0.3, 0.4) is 0 Å². The molecule has 2 aromatic heterocycles. The second-order valence-electron chi connectivity index (χ2n) is 4.90. The highest BCUT2D eigenvalue weighted by Crippen LogP contribution is 2.16. The Hall–Kier alpha value is -2.21. The Labute approximate surface area is 128 Å². The highest BCUT2D eigenvalue weighted by Gasteiger charge is 2.22. The first kappa shape index (κ1) is 13.8. The number of carbonyl (C=O) groups excluding carboxylic acids is 1. The van der Waals surface area contributed by atoms with E-state index in [-0.39, 0.29) is 5.91 Å². The Balaban J connectivity index is 1.68. The molecule has 1 fully saturated rings. The number of piperazine rings is 1. The highest BCUT2D eigenvalue weighted by atomic mass is 32.1. The minimum atomic E-state index is 0.00577. The fraction of sp³-hybridized carbons (Fsp3) is 0.267. The second-order valence-corrected chi connectivity index (χ2v) is 5.31. The molecular formula is C15H16N4OS. The van der Waals surface area contributed by atoms with E-state index >= 15 is 0 Å². The quantitative estimate of drug-likeness (QED) is 0.863. The van der Waals surface area contributed by atoms with Crippen LogP contribution in [0.2, 0.25) is 0 Å². The predicted molar refractivity (Wildman–Crippen MR) is 84.0 cm³/mol. The first-order valence-electron chi connectivity index (χ1n) is 6.87. The summed E-state index contributed by atoms with van der Waals surface area (Å²) in [5.74, 6) is 0.00577. The third-order valence-electron chi connectivity index (χ3n) is 3.64. The summed E-state index contributed by atoms with van der Waals surface area (Å²) in [4.78, 5) is 23.5. The maximum Gasteiger partial charge on any atom is 0.256 e. The molecule has 1 aliphatic heterocycles. The third kappa shape index (κ3) is 2.95. The number of nitrogens with zero attached hydrogens (tertiary/aromatic N) is 3. The number of aromatic nitrogens is 2. The van der Waals surface area contributed by atoms with E-state index in [1.807, 2.05) is 17.0 Å². The van der Waals surface area contributed by atoms with E-state index in [9.17, 15) is 4.79 Å². The Morgan fingerprint density at radius 2 is 1.86 bits per heavy atom. The summed E-state index contributed by atoms with van der Waals surface area (Å²) >= 11 is 5.18. The molecule has 1 N–H and O–H groups in total. The zero-order valence-corrected chi connectivity index (χ0v) is 12.3. The van der Waals surface area contributed by atoms with Crippen LogP contribution in [0, 0.1) is 4.64 Å². The van der Waals surface area contributed by atoms with Gasteiger partial charge < -0.3 is 14.8 Å². The van der Waals surface area contributed by atoms with Crippen molar-refractivity contribution < 1.29 is 4.79 Å². The molecule has 2 aromatic rings. The molecule has 5 nitrogen and oxygen atoms in total. The number of amides is 1. The molecule has 0 atom stereocenters. The molecule has 0 saturated carbocycles. The van der Waals surface area contributed by atoms with E-state index in [1.54, 1.807) is 30.7 Å². The minimum absolute atomic E-state index is 0.00577. The Morgan fingerprint density at radius 1 is 1.14 bits per heavy atom. The molecular weight excluding hydrogens is 284 g/mol. The van der Waals surface area contributed by atoms with Crippen LogP contribution in [-0.2, 0) is 0 Å². The van der Waals surface area contributed by atoms with Crippen molar-refractivity contribution in [2.45, 2.75) is 0 Å². The normalized spacial score (nSPS) is 15.0. The number of carbonyl (C=O) groups is 1. The van der Waals surface area contributed by atoms with Crippen LogP contribution < -0.4 is 4.90 Å². The van der Waals surface area contributed by atoms with Gasteiger partial charge in [0.15, 0.2) is 0 Å². The lowest BCUT2D eigenvalue weighted by Crippen LogP contribution is -2.48. The molecule has 0 aromatic carbocycles. The molecule has 6 heteroatoms. The van der Waals surface area contributed by atoms with E-state index in [0.717, 1.165) is 18.8 Å². The summed E-state index contributed by atoms with van der Waals surface area (Å²) in [6.45, 7) is 3.04. The van der Waals surface area contributed by atoms with Crippen LogP contribution in [-0.4, -0.2) is 47.0 Å². The monoisotopic (exact) mass is 300 g/mol. The van der Waals surface area contributed by atoms with Crippen molar-refractivity contribution in [3.05, 3.63) is 53.1 Å². The Morgan fingerprint density at radius 3 is 2.52 bits per heavy atom. The van der Waals surface area contributed by atoms with Gasteiger partial charge in [-0.3, -0.25) is 9.78 Å². The van der Waals surface area contributed by atoms with Gasteiger partial charge >= 0.3 is 0 Å². The van der Waals surface area contributed by atoms with Gasteiger partial charge in [0.1, 0.15) is 4.64 Å². The molecule has 1 aliphatic rings. The van der Waals surface area contributed by atoms with Crippen molar-refractivity contribution in [2.24, 2.45) is 0 Å². The maximum absolute atomic E-state index is 12.5. The van der Waals surface area contributed by atoms with Gasteiger partial charge in [-0.2, -0.15) is 0 Å². The first-order chi connectivity index (χ1) is 10.3. The minimum Gasteiger partial charge on any atom is -0.368 e. The van der Waals surface area contributed by atoms with Gasteiger partial charge in [0, 0.05) is 50.5 Å². The molecule has 21 heavy (non-hydrogen) atoms. The van der Waals surface area contributed by atoms with Crippen LogP contribution in [0.4, 0.5) is 5.69 Å². The molecule has 0 spiro atoms. The average molecular weight is 300 g/mol. The second kappa shape index (κ2) is 6.05. The fourth-order valence-corrected chi connectivity index (χ4v) is 2.71. The lowest BCUT2D eigenvalue weighted by Gasteiger charge is -2.36. The van der Waals surface area contributed by atoms with Gasteiger partial charge in [0.05, 0.1) is 5.56 Å². The number of nitrogens with one attached hydrogen (secondary N) is 1. The van der Waals surface area contributed by atoms with E-state index in [1.165, 1.54) is 0 Å². The van der Waals surface area contributed by atoms with Crippen molar-refractivity contribution in [1.82, 2.24) is 14.9 Å². The zero-order chi connectivity index (χ0) is 14.7. The van der Waals surface area contributed by atoms with Crippen molar-refractivity contribution in [2.75, 3.05) is 31.1 Å². The number of anilines is 1. The summed E-state index contributed by atoms with van der Waals surface area (Å²) in [5, 5.41) is 0. The number of pyridine rings is 2. The molecule has 0 aliphatic carbocycles. The van der Waals surface area contributed by atoms with Crippen LogP contribution >= 0.6 is 12.2 Å². The zero-order valence-electron chi connectivity index (χ0n) is 11.5. The van der Waals surface area contributed by atoms with Crippen LogP contribution in [0.5, 0.6) is 0 Å². The smallest absolute Gasteiger partial charge is 0.256 e. The van der Waals surface area contributed by atoms with Gasteiger partial charge in [-0.1, -0.05) is 12.2 Å². The fourth-order valence-electron chi connectivity index (χ4n) is 2.48. The van der Waals surface area contributed by atoms with Crippen molar-refractivity contribution >= 4 is 23.8 Å². The van der Waals surface area contributed by atoms with Gasteiger partial charge in [-0.05, 0) is 24.3 Å². The van der Waals surface area contributed by atoms with Crippen molar-refractivity contribution in [3.63, 3.8) is 0 Å². The van der Waals surface area contributed by atoms with Crippen LogP contribution in [0.1, 0.15) is 10.4 Å². The van der Waals surface area contributed by atoms with Crippen molar-refractivity contribution in [1.29, 1.82) is 0 Å². The first-order valence-corrected chi connectivity index (χ1v) is 7.28. The SMILES string of the molecule is O=C(c1ccc[nH]c1=S)N1CCN(c2ccncc2)CC1. The topological polar surface area (TPSA) is 52.2 Å². The standard InChI is InChI=1S/C15H16N4OS/c20-15(13-2-1-5-17-14(13)21)19-10-8-18(9-11-19)12-3-6-16-7-4-12/h1-7H,8-11H2,(H,17,21). The van der Waals surface area contributed by atoms with Crippen LogP contribution in [0.15, 0.2) is 42.9 Å². The highest BCUT2D eigenvalue weighted by molar-refractivity contribution is 7.71. The van der Waals surface area contributed by atoms with Gasteiger partial charge in [-0.15, -0.1) is 0 Å². The van der Waals surface area contributed by atoms with Gasteiger partial charge in [-0.25, -0.2) is 0 Å². The summed E-state index contributed by atoms with van der Waals surface area (Å²) in [6.07, 6.45) is 5.31. The summed E-state index contributed by atoms with van der Waals surface area (Å²) < 4.78 is 0.499. The lowest BCUT2D eigenvalue weighted by atomic mass is 10.2. The number of H-pyrrole nitrogens is 1. The lowest BCUT2D eigenvalue weighted by molar-refractivity contribution is 0.0746. The average Bonchev–Trinajstić information content (AvgIpc) is 2.56. The number of hydrogen-bond acceptors (Lipinski definition) is 4. The van der Waals surface area contributed by atoms with Crippen molar-refractivity contribution in [3.8, 4) is 0 Å². The molecule has 108 valence electrons. The summed E-state index contributed by atoms with van der Waals surface area (Å²) in [5.41, 5.74) is 1.72. The predicted octanol–water partition coefficient (Wildman–Crippen LogP) is 2.10. The molecule has 1 saturated heterocycles. The van der Waals surface area contributed by atoms with Gasteiger partial charge in [0.25, 0.3) is 5.91 Å². The van der Waals surface area contributed by atoms with E-state index in [2.05, 4.69) is 14.9 Å². The summed E-state index contributed by atoms with van der Waals surface area (Å²) in [6, 6.07) is 7.56. The Kier molecular flexibility index (Phi) is 3.96. The largest absolute Gasteiger partial charge is 0.368 e. The number of aromatic amines is 1. The molecule has 0 unspecified atom stereocenters. The maximum atomic E-state index is 12.5. The number of rotatable bonds is 2. The molecule has 3 heterocycles. The van der Waals surface area contributed by atoms with E-state index in [0.29, 0.717) is 23.3 Å². The number of hydrogen-bond donors (Lipinski definition) is 1. The van der Waals surface area contributed by atoms with Crippen LogP contribution in [0.25, 0.3) is 0 Å².